The Bertz CT molecular complexity index is 470. The molecular weight excluding hydrogens is 344 g/mol. The van der Waals surface area contributed by atoms with Crippen molar-refractivity contribution >= 4 is 12.1 Å². The number of piperidine rings is 1. The van der Waals surface area contributed by atoms with Crippen LogP contribution >= 0.6 is 0 Å². The highest BCUT2D eigenvalue weighted by atomic mass is 16.5. The van der Waals surface area contributed by atoms with Crippen molar-refractivity contribution in [2.24, 2.45) is 4.99 Å². The number of nitrogens with one attached hydrogen (secondary N) is 2. The molecule has 0 aromatic heterocycles. The fourth-order valence-electron chi connectivity index (χ4n) is 3.93. The molecule has 2 N–H and O–H groups in total. The summed E-state index contributed by atoms with van der Waals surface area (Å²) in [6, 6.07) is 0.322. The smallest absolute Gasteiger partial charge is 0.409 e. The van der Waals surface area contributed by atoms with Crippen LogP contribution in [0.25, 0.3) is 0 Å². The zero-order valence-corrected chi connectivity index (χ0v) is 17.4. The van der Waals surface area contributed by atoms with Gasteiger partial charge in [-0.1, -0.05) is 26.2 Å². The molecule has 0 radical (unpaired) electrons. The predicted molar refractivity (Wildman–Crippen MR) is 108 cm³/mol. The van der Waals surface area contributed by atoms with Crippen molar-refractivity contribution in [2.75, 3.05) is 39.9 Å². The second-order valence-corrected chi connectivity index (χ2v) is 7.66. The molecule has 0 aromatic carbocycles. The number of amides is 1. The van der Waals surface area contributed by atoms with Gasteiger partial charge in [-0.25, -0.2) is 4.79 Å². The van der Waals surface area contributed by atoms with Gasteiger partial charge in [0.25, 0.3) is 0 Å². The lowest BCUT2D eigenvalue weighted by molar-refractivity contribution is -0.0624. The average molecular weight is 383 g/mol. The maximum Gasteiger partial charge on any atom is 0.409 e. The highest BCUT2D eigenvalue weighted by Gasteiger charge is 2.33. The fourth-order valence-corrected chi connectivity index (χ4v) is 3.93. The predicted octanol–water partition coefficient (Wildman–Crippen LogP) is 2.90. The van der Waals surface area contributed by atoms with Crippen LogP contribution in [-0.4, -0.2) is 68.5 Å². The number of methoxy groups -OCH3 is 1. The van der Waals surface area contributed by atoms with Gasteiger partial charge in [0.05, 0.1) is 19.3 Å². The van der Waals surface area contributed by atoms with Crippen LogP contribution in [0.3, 0.4) is 0 Å². The molecule has 156 valence electrons. The quantitative estimate of drug-likeness (QED) is 0.523. The van der Waals surface area contributed by atoms with E-state index in [0.717, 1.165) is 51.2 Å². The molecule has 0 aromatic rings. The first-order valence-electron chi connectivity index (χ1n) is 10.6. The molecule has 1 aliphatic carbocycles. The van der Waals surface area contributed by atoms with E-state index in [0.29, 0.717) is 25.7 Å². The van der Waals surface area contributed by atoms with Crippen molar-refractivity contribution in [1.29, 1.82) is 0 Å². The summed E-state index contributed by atoms with van der Waals surface area (Å²) in [5.41, 5.74) is -0.0924. The van der Waals surface area contributed by atoms with Gasteiger partial charge in [0.1, 0.15) is 0 Å². The highest BCUT2D eigenvalue weighted by molar-refractivity contribution is 5.80. The van der Waals surface area contributed by atoms with Crippen molar-refractivity contribution in [1.82, 2.24) is 15.5 Å². The van der Waals surface area contributed by atoms with Gasteiger partial charge in [-0.3, -0.25) is 4.99 Å². The highest BCUT2D eigenvalue weighted by Crippen LogP contribution is 2.32. The van der Waals surface area contributed by atoms with E-state index in [9.17, 15) is 4.79 Å². The first-order valence-corrected chi connectivity index (χ1v) is 10.6. The first-order chi connectivity index (χ1) is 13.1. The Kier molecular flexibility index (Phi) is 9.18. The Morgan fingerprint density at radius 1 is 1.19 bits per heavy atom. The maximum absolute atomic E-state index is 11.6. The molecule has 1 saturated heterocycles. The SMILES string of the molecule is CCCOC1(CN=C(NCC)NC2CCN(C(=O)OC)CC2)CCCCC1. The third kappa shape index (κ3) is 6.87. The van der Waals surface area contributed by atoms with Crippen LogP contribution in [0.1, 0.15) is 65.2 Å². The molecule has 1 saturated carbocycles. The zero-order chi connectivity index (χ0) is 19.5. The molecule has 0 atom stereocenters. The standard InChI is InChI=1S/C20H38N4O3/c1-4-15-27-20(11-7-6-8-12-20)16-22-18(21-5-2)23-17-9-13-24(14-10-17)19(25)26-3/h17H,4-16H2,1-3H3,(H2,21,22,23). The van der Waals surface area contributed by atoms with Crippen LogP contribution in [0.15, 0.2) is 4.99 Å². The Balaban J connectivity index is 1.92. The largest absolute Gasteiger partial charge is 0.453 e. The summed E-state index contributed by atoms with van der Waals surface area (Å²) in [7, 11) is 1.43. The molecule has 1 aliphatic heterocycles. The van der Waals surface area contributed by atoms with E-state index in [1.54, 1.807) is 4.90 Å². The van der Waals surface area contributed by atoms with E-state index in [2.05, 4.69) is 24.5 Å². The number of guanidine groups is 1. The van der Waals surface area contributed by atoms with Crippen LogP contribution in [-0.2, 0) is 9.47 Å². The van der Waals surface area contributed by atoms with Gasteiger partial charge in [-0.15, -0.1) is 0 Å². The van der Waals surface area contributed by atoms with Gasteiger partial charge >= 0.3 is 6.09 Å². The van der Waals surface area contributed by atoms with Gasteiger partial charge in [0.2, 0.25) is 0 Å². The molecule has 7 heteroatoms. The van der Waals surface area contributed by atoms with Crippen molar-refractivity contribution in [3.8, 4) is 0 Å². The molecule has 2 rings (SSSR count). The molecule has 1 heterocycles. The third-order valence-electron chi connectivity index (χ3n) is 5.52. The van der Waals surface area contributed by atoms with Crippen LogP contribution in [0.5, 0.6) is 0 Å². The van der Waals surface area contributed by atoms with E-state index in [1.807, 2.05) is 0 Å². The number of carbonyl (C=O) groups is 1. The van der Waals surface area contributed by atoms with Gasteiger partial charge in [-0.2, -0.15) is 0 Å². The molecule has 0 bridgehead atoms. The molecule has 1 amide bonds. The summed E-state index contributed by atoms with van der Waals surface area (Å²) in [5, 5.41) is 6.92. The summed E-state index contributed by atoms with van der Waals surface area (Å²) in [4.78, 5) is 18.3. The second-order valence-electron chi connectivity index (χ2n) is 7.66. The summed E-state index contributed by atoms with van der Waals surface area (Å²) >= 11 is 0. The maximum atomic E-state index is 11.6. The van der Waals surface area contributed by atoms with Gasteiger partial charge in [0, 0.05) is 32.3 Å². The van der Waals surface area contributed by atoms with E-state index in [1.165, 1.54) is 26.4 Å². The molecule has 27 heavy (non-hydrogen) atoms. The molecule has 2 fully saturated rings. The van der Waals surface area contributed by atoms with Crippen LogP contribution in [0, 0.1) is 0 Å². The third-order valence-corrected chi connectivity index (χ3v) is 5.52. The Hall–Kier alpha value is -1.50. The molecule has 2 aliphatic rings. The summed E-state index contributed by atoms with van der Waals surface area (Å²) < 4.78 is 11.1. The number of hydrogen-bond donors (Lipinski definition) is 2. The molecule has 0 spiro atoms. The number of nitrogens with zero attached hydrogens (tertiary/aromatic N) is 2. The molecule has 0 unspecified atom stereocenters. The number of ether oxygens (including phenoxy) is 2. The lowest BCUT2D eigenvalue weighted by Crippen LogP contribution is -2.50. The average Bonchev–Trinajstić information content (AvgIpc) is 2.71. The van der Waals surface area contributed by atoms with Gasteiger partial charge in [0.15, 0.2) is 5.96 Å². The number of hydrogen-bond acceptors (Lipinski definition) is 4. The van der Waals surface area contributed by atoms with Crippen molar-refractivity contribution in [3.63, 3.8) is 0 Å². The number of aliphatic imine (C=N–C) groups is 1. The van der Waals surface area contributed by atoms with Crippen LogP contribution < -0.4 is 10.6 Å². The molecular formula is C20H38N4O3. The molecule has 7 nitrogen and oxygen atoms in total. The summed E-state index contributed by atoms with van der Waals surface area (Å²) in [5.74, 6) is 0.860. The fraction of sp³-hybridized carbons (Fsp3) is 0.900. The normalized spacial score (nSPS) is 21.0. The van der Waals surface area contributed by atoms with Crippen molar-refractivity contribution in [2.45, 2.75) is 76.9 Å². The van der Waals surface area contributed by atoms with Crippen LogP contribution in [0.4, 0.5) is 4.79 Å². The first kappa shape index (κ1) is 21.8. The van der Waals surface area contributed by atoms with Crippen molar-refractivity contribution in [3.05, 3.63) is 0 Å². The Morgan fingerprint density at radius 2 is 1.89 bits per heavy atom. The summed E-state index contributed by atoms with van der Waals surface area (Å²) in [6.45, 7) is 8.03. The Morgan fingerprint density at radius 3 is 2.48 bits per heavy atom. The Labute approximate surface area is 164 Å². The van der Waals surface area contributed by atoms with E-state index >= 15 is 0 Å². The monoisotopic (exact) mass is 382 g/mol. The van der Waals surface area contributed by atoms with E-state index in [-0.39, 0.29) is 11.7 Å². The number of carbonyl (C=O) groups excluding carboxylic acids is 1. The van der Waals surface area contributed by atoms with E-state index < -0.39 is 0 Å². The lowest BCUT2D eigenvalue weighted by atomic mass is 9.84. The number of likely N-dealkylation sites (tertiary alicyclic amines) is 1. The lowest BCUT2D eigenvalue weighted by Gasteiger charge is -2.36. The summed E-state index contributed by atoms with van der Waals surface area (Å²) in [6.07, 6.45) is 8.58. The van der Waals surface area contributed by atoms with Gasteiger partial charge in [-0.05, 0) is 39.0 Å². The second kappa shape index (κ2) is 11.4. The topological polar surface area (TPSA) is 75.2 Å². The minimum Gasteiger partial charge on any atom is -0.453 e. The minimum atomic E-state index is -0.235. The van der Waals surface area contributed by atoms with E-state index in [4.69, 9.17) is 14.5 Å². The van der Waals surface area contributed by atoms with Crippen molar-refractivity contribution < 1.29 is 14.3 Å². The van der Waals surface area contributed by atoms with Gasteiger partial charge < -0.3 is 25.0 Å². The zero-order valence-electron chi connectivity index (χ0n) is 17.4. The number of rotatable bonds is 7. The van der Waals surface area contributed by atoms with Crippen LogP contribution in [0.2, 0.25) is 0 Å². The minimum absolute atomic E-state index is 0.0924.